The van der Waals surface area contributed by atoms with Gasteiger partial charge in [-0.15, -0.1) is 17.5 Å². The van der Waals surface area contributed by atoms with Crippen molar-refractivity contribution in [2.45, 2.75) is 25.8 Å². The molecule has 1 atom stereocenters. The Labute approximate surface area is 135 Å². The topological polar surface area (TPSA) is 85.8 Å². The van der Waals surface area contributed by atoms with E-state index in [4.69, 9.17) is 5.73 Å². The number of aryl methyl sites for hydroxylation is 1. The standard InChI is InChI=1S/C15H19N5O.ClH/c1-10-2-6-12(7-3-10)20-9-14(18-19-20)15(21)17-13(8-16)11-4-5-11;/h2-3,6-7,9,11,13H,4-5,8,16H2,1H3,(H,17,21);1H. The van der Waals surface area contributed by atoms with E-state index in [1.54, 1.807) is 10.9 Å². The lowest BCUT2D eigenvalue weighted by molar-refractivity contribution is 0.0928. The van der Waals surface area contributed by atoms with Crippen LogP contribution in [-0.4, -0.2) is 33.5 Å². The normalized spacial score (nSPS) is 15.0. The van der Waals surface area contributed by atoms with Crippen LogP contribution < -0.4 is 11.1 Å². The Morgan fingerprint density at radius 1 is 1.41 bits per heavy atom. The molecule has 1 heterocycles. The molecule has 1 amide bonds. The first-order valence-corrected chi connectivity index (χ1v) is 7.17. The third kappa shape index (κ3) is 3.64. The maximum absolute atomic E-state index is 12.2. The summed E-state index contributed by atoms with van der Waals surface area (Å²) in [4.78, 5) is 12.2. The van der Waals surface area contributed by atoms with Gasteiger partial charge in [-0.1, -0.05) is 22.9 Å². The van der Waals surface area contributed by atoms with Gasteiger partial charge in [0.2, 0.25) is 0 Å². The molecule has 0 radical (unpaired) electrons. The Morgan fingerprint density at radius 2 is 2.09 bits per heavy atom. The monoisotopic (exact) mass is 321 g/mol. The van der Waals surface area contributed by atoms with E-state index in [1.165, 1.54) is 5.56 Å². The van der Waals surface area contributed by atoms with Gasteiger partial charge in [-0.05, 0) is 37.8 Å². The summed E-state index contributed by atoms with van der Waals surface area (Å²) in [6.45, 7) is 2.48. The molecule has 1 aromatic heterocycles. The largest absolute Gasteiger partial charge is 0.346 e. The summed E-state index contributed by atoms with van der Waals surface area (Å²) >= 11 is 0. The summed E-state index contributed by atoms with van der Waals surface area (Å²) in [7, 11) is 0. The maximum atomic E-state index is 12.2. The van der Waals surface area contributed by atoms with Crippen LogP contribution in [-0.2, 0) is 0 Å². The zero-order valence-corrected chi connectivity index (χ0v) is 13.2. The van der Waals surface area contributed by atoms with Crippen LogP contribution in [0.3, 0.4) is 0 Å². The van der Waals surface area contributed by atoms with Gasteiger partial charge in [0.1, 0.15) is 0 Å². The fraction of sp³-hybridized carbons (Fsp3) is 0.400. The van der Waals surface area contributed by atoms with Gasteiger partial charge in [0.15, 0.2) is 5.69 Å². The molecule has 1 unspecified atom stereocenters. The van der Waals surface area contributed by atoms with E-state index in [0.717, 1.165) is 18.5 Å². The van der Waals surface area contributed by atoms with Gasteiger partial charge in [-0.2, -0.15) is 0 Å². The number of amides is 1. The van der Waals surface area contributed by atoms with Crippen molar-refractivity contribution in [3.63, 3.8) is 0 Å². The molecule has 2 aromatic rings. The summed E-state index contributed by atoms with van der Waals surface area (Å²) in [5, 5.41) is 10.9. The lowest BCUT2D eigenvalue weighted by Gasteiger charge is -2.14. The minimum atomic E-state index is -0.212. The third-order valence-electron chi connectivity index (χ3n) is 3.79. The Morgan fingerprint density at radius 3 is 2.68 bits per heavy atom. The Hall–Kier alpha value is -1.92. The van der Waals surface area contributed by atoms with E-state index < -0.39 is 0 Å². The number of carbonyl (C=O) groups excluding carboxylic acids is 1. The summed E-state index contributed by atoms with van der Waals surface area (Å²) in [6, 6.07) is 7.92. The van der Waals surface area contributed by atoms with Gasteiger partial charge < -0.3 is 11.1 Å². The third-order valence-corrected chi connectivity index (χ3v) is 3.79. The molecule has 1 saturated carbocycles. The van der Waals surface area contributed by atoms with Crippen molar-refractivity contribution < 1.29 is 4.79 Å². The highest BCUT2D eigenvalue weighted by Gasteiger charge is 2.31. The zero-order chi connectivity index (χ0) is 14.8. The van der Waals surface area contributed by atoms with Gasteiger partial charge in [0, 0.05) is 12.6 Å². The lowest BCUT2D eigenvalue weighted by Crippen LogP contribution is -2.41. The first kappa shape index (κ1) is 16.5. The van der Waals surface area contributed by atoms with Crippen molar-refractivity contribution in [3.8, 4) is 5.69 Å². The SMILES string of the molecule is Cc1ccc(-n2cc(C(=O)NC(CN)C3CC3)nn2)cc1.Cl. The molecule has 6 nitrogen and oxygen atoms in total. The smallest absolute Gasteiger partial charge is 0.273 e. The molecule has 22 heavy (non-hydrogen) atoms. The first-order chi connectivity index (χ1) is 10.2. The molecule has 1 fully saturated rings. The summed E-state index contributed by atoms with van der Waals surface area (Å²) in [6.07, 6.45) is 3.91. The predicted octanol–water partition coefficient (Wildman–Crippen LogP) is 1.46. The van der Waals surface area contributed by atoms with E-state index in [2.05, 4.69) is 15.6 Å². The number of halogens is 1. The van der Waals surface area contributed by atoms with Crippen molar-refractivity contribution in [1.82, 2.24) is 20.3 Å². The summed E-state index contributed by atoms with van der Waals surface area (Å²) in [5.41, 5.74) is 8.06. The highest BCUT2D eigenvalue weighted by Crippen LogP contribution is 2.32. The Balaban J connectivity index is 0.00000176. The Bertz CT molecular complexity index is 636. The van der Waals surface area contributed by atoms with Crippen LogP contribution in [0.4, 0.5) is 0 Å². The van der Waals surface area contributed by atoms with Crippen molar-refractivity contribution in [2.75, 3.05) is 6.54 Å². The fourth-order valence-electron chi connectivity index (χ4n) is 2.30. The molecular weight excluding hydrogens is 302 g/mol. The summed E-state index contributed by atoms with van der Waals surface area (Å²) < 4.78 is 1.60. The number of carbonyl (C=O) groups is 1. The first-order valence-electron chi connectivity index (χ1n) is 7.17. The average Bonchev–Trinajstić information content (AvgIpc) is 3.21. The maximum Gasteiger partial charge on any atom is 0.273 e. The number of nitrogens with one attached hydrogen (secondary N) is 1. The number of rotatable bonds is 5. The van der Waals surface area contributed by atoms with E-state index in [1.807, 2.05) is 31.2 Å². The number of benzene rings is 1. The van der Waals surface area contributed by atoms with Crippen molar-refractivity contribution in [3.05, 3.63) is 41.7 Å². The fourth-order valence-corrected chi connectivity index (χ4v) is 2.30. The molecule has 118 valence electrons. The number of hydrogen-bond donors (Lipinski definition) is 2. The van der Waals surface area contributed by atoms with Gasteiger partial charge >= 0.3 is 0 Å². The molecule has 1 aliphatic rings. The molecule has 3 N–H and O–H groups in total. The molecular formula is C15H20ClN5O. The van der Waals surface area contributed by atoms with Crippen LogP contribution in [0.1, 0.15) is 28.9 Å². The second-order valence-electron chi connectivity index (χ2n) is 5.54. The minimum absolute atomic E-state index is 0. The van der Waals surface area contributed by atoms with Gasteiger partial charge in [-0.25, -0.2) is 4.68 Å². The quantitative estimate of drug-likeness (QED) is 0.873. The van der Waals surface area contributed by atoms with Crippen LogP contribution >= 0.6 is 12.4 Å². The molecule has 1 aromatic carbocycles. The van der Waals surface area contributed by atoms with E-state index in [0.29, 0.717) is 18.2 Å². The number of hydrogen-bond acceptors (Lipinski definition) is 4. The van der Waals surface area contributed by atoms with Crippen LogP contribution in [0.2, 0.25) is 0 Å². The molecule has 7 heteroatoms. The second-order valence-corrected chi connectivity index (χ2v) is 5.54. The van der Waals surface area contributed by atoms with Crippen LogP contribution in [0, 0.1) is 12.8 Å². The van der Waals surface area contributed by atoms with Gasteiger partial charge in [0.25, 0.3) is 5.91 Å². The second kappa shape index (κ2) is 6.89. The number of nitrogens with zero attached hydrogens (tertiary/aromatic N) is 3. The van der Waals surface area contributed by atoms with Gasteiger partial charge in [-0.3, -0.25) is 4.79 Å². The minimum Gasteiger partial charge on any atom is -0.346 e. The Kier molecular flexibility index (Phi) is 5.15. The van der Waals surface area contributed by atoms with Gasteiger partial charge in [0.05, 0.1) is 11.9 Å². The molecule has 0 spiro atoms. The van der Waals surface area contributed by atoms with Crippen LogP contribution in [0.25, 0.3) is 5.69 Å². The van der Waals surface area contributed by atoms with Crippen molar-refractivity contribution in [2.24, 2.45) is 11.7 Å². The van der Waals surface area contributed by atoms with E-state index >= 15 is 0 Å². The molecule has 0 saturated heterocycles. The average molecular weight is 322 g/mol. The number of aromatic nitrogens is 3. The summed E-state index contributed by atoms with van der Waals surface area (Å²) in [5.74, 6) is 0.307. The molecule has 0 aliphatic heterocycles. The molecule has 1 aliphatic carbocycles. The molecule has 3 rings (SSSR count). The predicted molar refractivity (Wildman–Crippen MR) is 86.4 cm³/mol. The van der Waals surface area contributed by atoms with Crippen molar-refractivity contribution >= 4 is 18.3 Å². The van der Waals surface area contributed by atoms with Crippen molar-refractivity contribution in [1.29, 1.82) is 0 Å². The highest BCUT2D eigenvalue weighted by atomic mass is 35.5. The number of nitrogens with two attached hydrogens (primary N) is 1. The molecule has 0 bridgehead atoms. The van der Waals surface area contributed by atoms with Crippen LogP contribution in [0.5, 0.6) is 0 Å². The van der Waals surface area contributed by atoms with Crippen LogP contribution in [0.15, 0.2) is 30.5 Å². The van der Waals surface area contributed by atoms with E-state index in [9.17, 15) is 4.79 Å². The highest BCUT2D eigenvalue weighted by molar-refractivity contribution is 5.92. The lowest BCUT2D eigenvalue weighted by atomic mass is 10.2. The van der Waals surface area contributed by atoms with E-state index in [-0.39, 0.29) is 24.4 Å². The zero-order valence-electron chi connectivity index (χ0n) is 12.4.